The van der Waals surface area contributed by atoms with E-state index in [1.807, 2.05) is 0 Å². The van der Waals surface area contributed by atoms with Crippen LogP contribution in [0.1, 0.15) is 29.4 Å². The largest absolute Gasteiger partial charge is 0.467 e. The minimum atomic E-state index is -0.676. The van der Waals surface area contributed by atoms with Crippen LogP contribution in [0, 0.1) is 0 Å². The van der Waals surface area contributed by atoms with Gasteiger partial charge in [0, 0.05) is 6.54 Å². The lowest BCUT2D eigenvalue weighted by molar-refractivity contribution is -0.151. The first-order valence-electron chi connectivity index (χ1n) is 6.77. The van der Waals surface area contributed by atoms with Crippen molar-refractivity contribution < 1.29 is 19.1 Å². The van der Waals surface area contributed by atoms with Crippen LogP contribution in [-0.2, 0) is 14.3 Å². The van der Waals surface area contributed by atoms with Crippen LogP contribution < -0.4 is 5.32 Å². The van der Waals surface area contributed by atoms with Gasteiger partial charge in [0.25, 0.3) is 5.91 Å². The molecule has 6 nitrogen and oxygen atoms in total. The number of carbonyl (C=O) groups excluding carboxylic acids is 3. The summed E-state index contributed by atoms with van der Waals surface area (Å²) in [5.74, 6) is -0.940. The molecule has 0 bridgehead atoms. The van der Waals surface area contributed by atoms with E-state index in [0.717, 1.165) is 6.42 Å². The fourth-order valence-corrected chi connectivity index (χ4v) is 3.02. The molecule has 0 aliphatic carbocycles. The highest BCUT2D eigenvalue weighted by Crippen LogP contribution is 2.19. The van der Waals surface area contributed by atoms with Gasteiger partial charge in [0.2, 0.25) is 5.91 Å². The summed E-state index contributed by atoms with van der Waals surface area (Å²) in [5, 5.41) is 4.47. The number of rotatable bonds is 4. The molecule has 1 aromatic heterocycles. The van der Waals surface area contributed by atoms with E-state index in [0.29, 0.717) is 17.8 Å². The second kappa shape index (κ2) is 6.71. The first kappa shape index (κ1) is 15.5. The maximum absolute atomic E-state index is 12.4. The van der Waals surface area contributed by atoms with Crippen molar-refractivity contribution in [3.8, 4) is 0 Å². The Labute approximate surface area is 127 Å². The lowest BCUT2D eigenvalue weighted by Crippen LogP contribution is -2.50. The number of carbonyl (C=O) groups is 3. The molecule has 2 rings (SSSR count). The van der Waals surface area contributed by atoms with Crippen molar-refractivity contribution in [3.63, 3.8) is 0 Å². The van der Waals surface area contributed by atoms with Crippen LogP contribution in [-0.4, -0.2) is 48.4 Å². The molecule has 1 saturated heterocycles. The van der Waals surface area contributed by atoms with Crippen molar-refractivity contribution in [2.75, 3.05) is 13.7 Å². The van der Waals surface area contributed by atoms with E-state index < -0.39 is 18.1 Å². The van der Waals surface area contributed by atoms with Gasteiger partial charge in [-0.25, -0.2) is 4.79 Å². The zero-order chi connectivity index (χ0) is 15.4. The number of esters is 1. The van der Waals surface area contributed by atoms with Crippen molar-refractivity contribution in [2.45, 2.75) is 31.8 Å². The normalized spacial score (nSPS) is 19.1. The van der Waals surface area contributed by atoms with Gasteiger partial charge in [0.1, 0.15) is 12.1 Å². The molecule has 1 aliphatic rings. The molecule has 0 saturated carbocycles. The van der Waals surface area contributed by atoms with E-state index in [-0.39, 0.29) is 11.8 Å². The molecule has 0 radical (unpaired) electrons. The Bertz CT molecular complexity index is 529. The minimum Gasteiger partial charge on any atom is -0.467 e. The van der Waals surface area contributed by atoms with Gasteiger partial charge in [-0.05, 0) is 31.2 Å². The number of likely N-dealkylation sites (tertiary alicyclic amines) is 1. The van der Waals surface area contributed by atoms with Crippen LogP contribution in [0.5, 0.6) is 0 Å². The molecule has 0 spiro atoms. The quantitative estimate of drug-likeness (QED) is 0.843. The Kier molecular flexibility index (Phi) is 4.95. The fourth-order valence-electron chi connectivity index (χ4n) is 2.40. The Hall–Kier alpha value is -1.89. The third-order valence-corrected chi connectivity index (χ3v) is 4.34. The highest BCUT2D eigenvalue weighted by Gasteiger charge is 2.36. The number of methoxy groups -OCH3 is 1. The maximum atomic E-state index is 12.4. The first-order valence-corrected chi connectivity index (χ1v) is 7.65. The monoisotopic (exact) mass is 310 g/mol. The summed E-state index contributed by atoms with van der Waals surface area (Å²) >= 11 is 1.31. The van der Waals surface area contributed by atoms with E-state index >= 15 is 0 Å². The van der Waals surface area contributed by atoms with E-state index in [1.54, 1.807) is 24.4 Å². The fraction of sp³-hybridized carbons (Fsp3) is 0.500. The molecular weight excluding hydrogens is 292 g/mol. The summed E-state index contributed by atoms with van der Waals surface area (Å²) in [4.78, 5) is 38.0. The van der Waals surface area contributed by atoms with Crippen molar-refractivity contribution in [3.05, 3.63) is 22.4 Å². The van der Waals surface area contributed by atoms with Crippen LogP contribution >= 0.6 is 11.3 Å². The molecule has 2 atom stereocenters. The van der Waals surface area contributed by atoms with Crippen molar-refractivity contribution >= 4 is 29.1 Å². The second-order valence-corrected chi connectivity index (χ2v) is 5.83. The van der Waals surface area contributed by atoms with Gasteiger partial charge in [-0.3, -0.25) is 9.59 Å². The van der Waals surface area contributed by atoms with Crippen LogP contribution in [0.4, 0.5) is 0 Å². The van der Waals surface area contributed by atoms with Crippen LogP contribution in [0.3, 0.4) is 0 Å². The summed E-state index contributed by atoms with van der Waals surface area (Å²) in [7, 11) is 1.31. The Morgan fingerprint density at radius 2 is 2.24 bits per heavy atom. The third kappa shape index (κ3) is 3.41. The molecular formula is C14H18N2O4S. The number of nitrogens with one attached hydrogen (secondary N) is 1. The molecule has 114 valence electrons. The molecule has 1 aliphatic heterocycles. The van der Waals surface area contributed by atoms with Crippen molar-refractivity contribution in [2.24, 2.45) is 0 Å². The topological polar surface area (TPSA) is 75.7 Å². The van der Waals surface area contributed by atoms with Crippen molar-refractivity contribution in [1.82, 2.24) is 10.2 Å². The van der Waals surface area contributed by atoms with Gasteiger partial charge in [0.05, 0.1) is 12.0 Å². The summed E-state index contributed by atoms with van der Waals surface area (Å²) in [6, 6.07) is 2.26. The van der Waals surface area contributed by atoms with Gasteiger partial charge in [-0.2, -0.15) is 0 Å². The standard InChI is InChI=1S/C14H18N2O4S/c1-9(15-12(17)11-6-4-8-21-11)13(18)16-7-3-5-10(16)14(19)20-2/h4,6,8-10H,3,5,7H2,1-2H3,(H,15,17)/t9-,10-/m1/s1. The van der Waals surface area contributed by atoms with Gasteiger partial charge in [-0.1, -0.05) is 6.07 Å². The van der Waals surface area contributed by atoms with E-state index in [4.69, 9.17) is 4.74 Å². The van der Waals surface area contributed by atoms with Gasteiger partial charge < -0.3 is 15.0 Å². The van der Waals surface area contributed by atoms with Crippen molar-refractivity contribution in [1.29, 1.82) is 0 Å². The zero-order valence-electron chi connectivity index (χ0n) is 12.0. The molecule has 1 fully saturated rings. The predicted octanol–water partition coefficient (Wildman–Crippen LogP) is 1.03. The Morgan fingerprint density at radius 3 is 2.86 bits per heavy atom. The highest BCUT2D eigenvalue weighted by molar-refractivity contribution is 7.12. The third-order valence-electron chi connectivity index (χ3n) is 3.47. The second-order valence-electron chi connectivity index (χ2n) is 4.89. The Balaban J connectivity index is 1.98. The van der Waals surface area contributed by atoms with Gasteiger partial charge in [-0.15, -0.1) is 11.3 Å². The van der Waals surface area contributed by atoms with Crippen LogP contribution in [0.15, 0.2) is 17.5 Å². The predicted molar refractivity (Wildman–Crippen MR) is 78.0 cm³/mol. The smallest absolute Gasteiger partial charge is 0.328 e. The molecule has 21 heavy (non-hydrogen) atoms. The number of hydrogen-bond acceptors (Lipinski definition) is 5. The maximum Gasteiger partial charge on any atom is 0.328 e. The highest BCUT2D eigenvalue weighted by atomic mass is 32.1. The summed E-state index contributed by atoms with van der Waals surface area (Å²) < 4.78 is 4.72. The lowest BCUT2D eigenvalue weighted by Gasteiger charge is -2.26. The molecule has 0 aromatic carbocycles. The van der Waals surface area contributed by atoms with Crippen LogP contribution in [0.25, 0.3) is 0 Å². The lowest BCUT2D eigenvalue weighted by atomic mass is 10.2. The first-order chi connectivity index (χ1) is 10.0. The number of nitrogens with zero attached hydrogens (tertiary/aromatic N) is 1. The Morgan fingerprint density at radius 1 is 1.48 bits per heavy atom. The molecule has 0 unspecified atom stereocenters. The molecule has 1 N–H and O–H groups in total. The summed E-state index contributed by atoms with van der Waals surface area (Å²) in [6.45, 7) is 2.14. The number of ether oxygens (including phenoxy) is 1. The number of hydrogen-bond donors (Lipinski definition) is 1. The average Bonchev–Trinajstić information content (AvgIpc) is 3.16. The molecule has 2 amide bonds. The molecule has 1 aromatic rings. The number of thiophene rings is 1. The zero-order valence-corrected chi connectivity index (χ0v) is 12.8. The minimum absolute atomic E-state index is 0.257. The molecule has 2 heterocycles. The van der Waals surface area contributed by atoms with E-state index in [1.165, 1.54) is 23.3 Å². The SMILES string of the molecule is COC(=O)[C@H]1CCCN1C(=O)[C@@H](C)NC(=O)c1cccs1. The van der Waals surface area contributed by atoms with Gasteiger partial charge >= 0.3 is 5.97 Å². The summed E-state index contributed by atoms with van der Waals surface area (Å²) in [5.41, 5.74) is 0. The van der Waals surface area contributed by atoms with Crippen LogP contribution in [0.2, 0.25) is 0 Å². The molecule has 7 heteroatoms. The van der Waals surface area contributed by atoms with E-state index in [9.17, 15) is 14.4 Å². The number of amides is 2. The van der Waals surface area contributed by atoms with Gasteiger partial charge in [0.15, 0.2) is 0 Å². The van der Waals surface area contributed by atoms with E-state index in [2.05, 4.69) is 5.32 Å². The summed E-state index contributed by atoms with van der Waals surface area (Å²) in [6.07, 6.45) is 1.36. The average molecular weight is 310 g/mol.